The standard InChI is InChI=1S/C18H24N2S/c1-2-7-17(18-10-6-13-21-18)20-12-11-19-16(14-20)15-8-4-3-5-9-15/h3-6,8-10,13,16-17,19H,2,7,11-12,14H2,1H3. The zero-order valence-electron chi connectivity index (χ0n) is 12.7. The molecule has 0 bridgehead atoms. The topological polar surface area (TPSA) is 15.3 Å². The van der Waals surface area contributed by atoms with E-state index in [2.05, 4.69) is 65.0 Å². The Morgan fingerprint density at radius 3 is 2.81 bits per heavy atom. The van der Waals surface area contributed by atoms with Crippen molar-refractivity contribution in [2.75, 3.05) is 19.6 Å². The maximum absolute atomic E-state index is 3.67. The van der Waals surface area contributed by atoms with E-state index in [1.807, 2.05) is 11.3 Å². The van der Waals surface area contributed by atoms with Gasteiger partial charge in [-0.2, -0.15) is 0 Å². The molecule has 112 valence electrons. The summed E-state index contributed by atoms with van der Waals surface area (Å²) in [5.41, 5.74) is 1.41. The Hall–Kier alpha value is -1.16. The van der Waals surface area contributed by atoms with Gasteiger partial charge < -0.3 is 5.32 Å². The second-order valence-electron chi connectivity index (χ2n) is 5.73. The molecule has 2 atom stereocenters. The largest absolute Gasteiger partial charge is 0.308 e. The van der Waals surface area contributed by atoms with Gasteiger partial charge in [-0.05, 0) is 23.4 Å². The highest BCUT2D eigenvalue weighted by Crippen LogP contribution is 2.32. The van der Waals surface area contributed by atoms with Gasteiger partial charge in [-0.3, -0.25) is 4.90 Å². The van der Waals surface area contributed by atoms with Gasteiger partial charge in [-0.25, -0.2) is 0 Å². The van der Waals surface area contributed by atoms with Crippen LogP contribution < -0.4 is 5.32 Å². The van der Waals surface area contributed by atoms with E-state index in [0.717, 1.165) is 19.6 Å². The minimum Gasteiger partial charge on any atom is -0.308 e. The third-order valence-corrected chi connectivity index (χ3v) is 5.26. The quantitative estimate of drug-likeness (QED) is 0.888. The second-order valence-corrected chi connectivity index (χ2v) is 6.71. The van der Waals surface area contributed by atoms with Crippen LogP contribution in [-0.4, -0.2) is 24.5 Å². The average Bonchev–Trinajstić information content (AvgIpc) is 3.08. The molecule has 0 radical (unpaired) electrons. The van der Waals surface area contributed by atoms with Crippen LogP contribution in [0, 0.1) is 0 Å². The van der Waals surface area contributed by atoms with E-state index in [0.29, 0.717) is 12.1 Å². The first-order chi connectivity index (χ1) is 10.4. The molecule has 1 fully saturated rings. The van der Waals surface area contributed by atoms with Crippen LogP contribution in [0.4, 0.5) is 0 Å². The van der Waals surface area contributed by atoms with Crippen LogP contribution in [0.3, 0.4) is 0 Å². The van der Waals surface area contributed by atoms with Gasteiger partial charge in [0, 0.05) is 36.6 Å². The van der Waals surface area contributed by atoms with Crippen molar-refractivity contribution in [1.82, 2.24) is 10.2 Å². The summed E-state index contributed by atoms with van der Waals surface area (Å²) >= 11 is 1.90. The van der Waals surface area contributed by atoms with Gasteiger partial charge in [0.15, 0.2) is 0 Å². The number of nitrogens with zero attached hydrogens (tertiary/aromatic N) is 1. The number of thiophene rings is 1. The fourth-order valence-corrected chi connectivity index (χ4v) is 4.12. The molecule has 1 aromatic carbocycles. The molecule has 21 heavy (non-hydrogen) atoms. The zero-order chi connectivity index (χ0) is 14.5. The van der Waals surface area contributed by atoms with Gasteiger partial charge in [0.1, 0.15) is 0 Å². The Labute approximate surface area is 131 Å². The van der Waals surface area contributed by atoms with Crippen LogP contribution >= 0.6 is 11.3 Å². The van der Waals surface area contributed by atoms with Gasteiger partial charge in [-0.15, -0.1) is 11.3 Å². The lowest BCUT2D eigenvalue weighted by Gasteiger charge is -2.39. The summed E-state index contributed by atoms with van der Waals surface area (Å²) in [4.78, 5) is 4.19. The molecular formula is C18H24N2S. The number of hydrogen-bond donors (Lipinski definition) is 1. The molecule has 1 N–H and O–H groups in total. The second kappa shape index (κ2) is 7.21. The van der Waals surface area contributed by atoms with Crippen LogP contribution in [-0.2, 0) is 0 Å². The van der Waals surface area contributed by atoms with Crippen molar-refractivity contribution < 1.29 is 0 Å². The Morgan fingerprint density at radius 1 is 1.24 bits per heavy atom. The summed E-state index contributed by atoms with van der Waals surface area (Å²) in [5, 5.41) is 5.87. The fourth-order valence-electron chi connectivity index (χ4n) is 3.22. The number of hydrogen-bond acceptors (Lipinski definition) is 3. The first-order valence-electron chi connectivity index (χ1n) is 7.94. The molecule has 0 spiro atoms. The molecule has 2 aromatic rings. The number of rotatable bonds is 5. The van der Waals surface area contributed by atoms with E-state index >= 15 is 0 Å². The van der Waals surface area contributed by atoms with Crippen LogP contribution in [0.25, 0.3) is 0 Å². The first-order valence-corrected chi connectivity index (χ1v) is 8.82. The SMILES string of the molecule is CCCC(c1cccs1)N1CCNC(c2ccccc2)C1. The van der Waals surface area contributed by atoms with Crippen molar-refractivity contribution in [2.45, 2.75) is 31.8 Å². The van der Waals surface area contributed by atoms with Crippen molar-refractivity contribution in [3.8, 4) is 0 Å². The van der Waals surface area contributed by atoms with Crippen molar-refractivity contribution in [3.05, 3.63) is 58.3 Å². The van der Waals surface area contributed by atoms with E-state index in [4.69, 9.17) is 0 Å². The lowest BCUT2D eigenvalue weighted by Crippen LogP contribution is -2.47. The molecule has 3 rings (SSSR count). The van der Waals surface area contributed by atoms with Crippen molar-refractivity contribution >= 4 is 11.3 Å². The summed E-state index contributed by atoms with van der Waals surface area (Å²) in [6.45, 7) is 5.61. The summed E-state index contributed by atoms with van der Waals surface area (Å²) in [6.07, 6.45) is 2.49. The van der Waals surface area contributed by atoms with E-state index in [1.165, 1.54) is 23.3 Å². The molecule has 1 saturated heterocycles. The van der Waals surface area contributed by atoms with Gasteiger partial charge >= 0.3 is 0 Å². The molecule has 0 amide bonds. The van der Waals surface area contributed by atoms with Gasteiger partial charge in [-0.1, -0.05) is 49.7 Å². The zero-order valence-corrected chi connectivity index (χ0v) is 13.5. The molecule has 1 aliphatic heterocycles. The highest BCUT2D eigenvalue weighted by Gasteiger charge is 2.27. The molecular weight excluding hydrogens is 276 g/mol. The summed E-state index contributed by atoms with van der Waals surface area (Å²) < 4.78 is 0. The normalized spacial score (nSPS) is 21.3. The molecule has 2 nitrogen and oxygen atoms in total. The van der Waals surface area contributed by atoms with E-state index in [1.54, 1.807) is 0 Å². The van der Waals surface area contributed by atoms with Crippen LogP contribution in [0.5, 0.6) is 0 Å². The third-order valence-electron chi connectivity index (χ3n) is 4.28. The van der Waals surface area contributed by atoms with Crippen molar-refractivity contribution in [1.29, 1.82) is 0 Å². The van der Waals surface area contributed by atoms with E-state index < -0.39 is 0 Å². The highest BCUT2D eigenvalue weighted by atomic mass is 32.1. The highest BCUT2D eigenvalue weighted by molar-refractivity contribution is 7.10. The monoisotopic (exact) mass is 300 g/mol. The molecule has 2 heterocycles. The predicted octanol–water partition coefficient (Wildman–Crippen LogP) is 4.24. The van der Waals surface area contributed by atoms with Gasteiger partial charge in [0.05, 0.1) is 0 Å². The molecule has 0 saturated carbocycles. The fraction of sp³-hybridized carbons (Fsp3) is 0.444. The Bertz CT molecular complexity index is 523. The summed E-state index contributed by atoms with van der Waals surface area (Å²) in [7, 11) is 0. The Kier molecular flexibility index (Phi) is 5.07. The lowest BCUT2D eigenvalue weighted by atomic mass is 10.0. The lowest BCUT2D eigenvalue weighted by molar-refractivity contribution is 0.138. The average molecular weight is 300 g/mol. The van der Waals surface area contributed by atoms with Crippen LogP contribution in [0.2, 0.25) is 0 Å². The number of piperazine rings is 1. The summed E-state index contributed by atoms with van der Waals surface area (Å²) in [6, 6.07) is 16.4. The first kappa shape index (κ1) is 14.8. The predicted molar refractivity (Wildman–Crippen MR) is 90.7 cm³/mol. The van der Waals surface area contributed by atoms with Crippen LogP contribution in [0.15, 0.2) is 47.8 Å². The summed E-state index contributed by atoms with van der Waals surface area (Å²) in [5.74, 6) is 0. The van der Waals surface area contributed by atoms with Crippen molar-refractivity contribution in [3.63, 3.8) is 0 Å². The van der Waals surface area contributed by atoms with Gasteiger partial charge in [0.25, 0.3) is 0 Å². The van der Waals surface area contributed by atoms with Crippen LogP contribution in [0.1, 0.15) is 42.3 Å². The smallest absolute Gasteiger partial charge is 0.0449 e. The minimum absolute atomic E-state index is 0.458. The minimum atomic E-state index is 0.458. The molecule has 0 aliphatic carbocycles. The van der Waals surface area contributed by atoms with E-state index in [9.17, 15) is 0 Å². The maximum Gasteiger partial charge on any atom is 0.0449 e. The molecule has 2 unspecified atom stereocenters. The number of nitrogens with one attached hydrogen (secondary N) is 1. The molecule has 3 heteroatoms. The molecule has 1 aromatic heterocycles. The third kappa shape index (κ3) is 3.54. The van der Waals surface area contributed by atoms with Crippen molar-refractivity contribution in [2.24, 2.45) is 0 Å². The Balaban J connectivity index is 1.75. The maximum atomic E-state index is 3.67. The van der Waals surface area contributed by atoms with Gasteiger partial charge in [0.2, 0.25) is 0 Å². The number of benzene rings is 1. The van der Waals surface area contributed by atoms with E-state index in [-0.39, 0.29) is 0 Å². The molecule has 1 aliphatic rings. The Morgan fingerprint density at radius 2 is 2.10 bits per heavy atom.